The molecule has 0 spiro atoms. The van der Waals surface area contributed by atoms with Crippen LogP contribution in [0.5, 0.6) is 23.0 Å². The maximum Gasteiger partial charge on any atom is 0.329 e. The third-order valence-corrected chi connectivity index (χ3v) is 6.22. The van der Waals surface area contributed by atoms with E-state index in [0.717, 1.165) is 11.1 Å². The van der Waals surface area contributed by atoms with E-state index in [2.05, 4.69) is 37.1 Å². The van der Waals surface area contributed by atoms with E-state index in [1.165, 1.54) is 13.3 Å². The summed E-state index contributed by atoms with van der Waals surface area (Å²) in [6.07, 6.45) is 1.83. The number of carbonyl (C=O) groups is 3. The van der Waals surface area contributed by atoms with Gasteiger partial charge in [-0.2, -0.15) is 5.10 Å². The largest absolute Gasteiger partial charge is 0.493 e. The summed E-state index contributed by atoms with van der Waals surface area (Å²) >= 11 is 3.41. The van der Waals surface area contributed by atoms with Gasteiger partial charge in [0.15, 0.2) is 29.6 Å². The van der Waals surface area contributed by atoms with Crippen LogP contribution in [0.25, 0.3) is 0 Å². The van der Waals surface area contributed by atoms with Crippen LogP contribution >= 0.6 is 15.9 Å². The molecule has 3 aromatic carbocycles. The van der Waals surface area contributed by atoms with Gasteiger partial charge in [0.25, 0.3) is 5.91 Å². The summed E-state index contributed by atoms with van der Waals surface area (Å²) in [6.45, 7) is 1.93. The van der Waals surface area contributed by atoms with E-state index in [9.17, 15) is 14.4 Å². The van der Waals surface area contributed by atoms with Crippen molar-refractivity contribution in [2.45, 2.75) is 13.3 Å². The number of anilines is 1. The van der Waals surface area contributed by atoms with Gasteiger partial charge in [-0.3, -0.25) is 14.4 Å². The Kier molecular flexibility index (Phi) is 11.5. The minimum Gasteiger partial charge on any atom is -0.493 e. The van der Waals surface area contributed by atoms with Crippen molar-refractivity contribution in [2.24, 2.45) is 5.10 Å². The molecule has 3 aromatic rings. The van der Waals surface area contributed by atoms with Crippen LogP contribution in [-0.2, 0) is 20.8 Å². The summed E-state index contributed by atoms with van der Waals surface area (Å²) in [7, 11) is 4.55. The third kappa shape index (κ3) is 9.24. The van der Waals surface area contributed by atoms with Crippen molar-refractivity contribution in [3.05, 3.63) is 75.8 Å². The second-order valence-corrected chi connectivity index (χ2v) is 9.49. The van der Waals surface area contributed by atoms with Gasteiger partial charge in [-0.25, -0.2) is 5.43 Å². The van der Waals surface area contributed by atoms with Crippen molar-refractivity contribution in [2.75, 3.05) is 39.8 Å². The van der Waals surface area contributed by atoms with Gasteiger partial charge in [-0.05, 0) is 82.4 Å². The van der Waals surface area contributed by atoms with Crippen LogP contribution in [0.15, 0.2) is 64.2 Å². The average Bonchev–Trinajstić information content (AvgIpc) is 2.96. The number of ether oxygens (including phenoxy) is 4. The summed E-state index contributed by atoms with van der Waals surface area (Å²) in [5, 5.41) is 9.17. The lowest BCUT2D eigenvalue weighted by molar-refractivity contribution is -0.139. The summed E-state index contributed by atoms with van der Waals surface area (Å²) in [5.74, 6) is -0.237. The smallest absolute Gasteiger partial charge is 0.329 e. The Balaban J connectivity index is 1.50. The van der Waals surface area contributed by atoms with Gasteiger partial charge in [0, 0.05) is 12.2 Å². The predicted octanol–water partition coefficient (Wildman–Crippen LogP) is 3.61. The number of methoxy groups -OCH3 is 3. The highest BCUT2D eigenvalue weighted by Crippen LogP contribution is 2.36. The highest BCUT2D eigenvalue weighted by Gasteiger charge is 2.15. The minimum atomic E-state index is -0.917. The van der Waals surface area contributed by atoms with Crippen LogP contribution in [0.4, 0.5) is 5.69 Å². The van der Waals surface area contributed by atoms with Crippen molar-refractivity contribution >= 4 is 45.6 Å². The highest BCUT2D eigenvalue weighted by atomic mass is 79.9. The first-order valence-corrected chi connectivity index (χ1v) is 13.2. The monoisotopic (exact) mass is 626 g/mol. The van der Waals surface area contributed by atoms with Crippen molar-refractivity contribution in [1.29, 1.82) is 0 Å². The quantitative estimate of drug-likeness (QED) is 0.159. The van der Waals surface area contributed by atoms with E-state index in [1.54, 1.807) is 44.6 Å². The first kappa shape index (κ1) is 31.0. The highest BCUT2D eigenvalue weighted by molar-refractivity contribution is 9.10. The molecule has 0 unspecified atom stereocenters. The Labute approximate surface area is 246 Å². The number of benzene rings is 3. The molecular formula is C29H31BrN4O7. The summed E-state index contributed by atoms with van der Waals surface area (Å²) in [6, 6.07) is 16.1. The maximum absolute atomic E-state index is 12.3. The zero-order valence-electron chi connectivity index (χ0n) is 23.1. The van der Waals surface area contributed by atoms with Crippen molar-refractivity contribution in [1.82, 2.24) is 10.7 Å². The molecule has 0 bridgehead atoms. The van der Waals surface area contributed by atoms with Gasteiger partial charge >= 0.3 is 11.8 Å². The molecule has 0 atom stereocenters. The van der Waals surface area contributed by atoms with Gasteiger partial charge < -0.3 is 29.6 Å². The zero-order valence-corrected chi connectivity index (χ0v) is 24.7. The molecule has 3 amide bonds. The molecule has 0 saturated carbocycles. The van der Waals surface area contributed by atoms with E-state index in [0.29, 0.717) is 45.1 Å². The molecule has 0 fully saturated rings. The Morgan fingerprint density at radius 3 is 2.37 bits per heavy atom. The third-order valence-electron chi connectivity index (χ3n) is 5.63. The number of hydrazone groups is 1. The van der Waals surface area contributed by atoms with Gasteiger partial charge in [-0.1, -0.05) is 18.2 Å². The van der Waals surface area contributed by atoms with E-state index in [1.807, 2.05) is 31.2 Å². The lowest BCUT2D eigenvalue weighted by Gasteiger charge is -2.13. The Bertz CT molecular complexity index is 1430. The van der Waals surface area contributed by atoms with E-state index in [-0.39, 0.29) is 19.1 Å². The molecule has 0 aliphatic heterocycles. The number of hydrogen-bond acceptors (Lipinski definition) is 8. The fourth-order valence-electron chi connectivity index (χ4n) is 3.66. The molecule has 0 aromatic heterocycles. The number of carbonyl (C=O) groups excluding carboxylic acids is 3. The van der Waals surface area contributed by atoms with E-state index < -0.39 is 11.8 Å². The van der Waals surface area contributed by atoms with Crippen LogP contribution < -0.4 is 35.0 Å². The molecule has 12 heteroatoms. The van der Waals surface area contributed by atoms with Crippen LogP contribution in [0, 0.1) is 6.92 Å². The number of aryl methyl sites for hydroxylation is 1. The Morgan fingerprint density at radius 1 is 0.902 bits per heavy atom. The van der Waals surface area contributed by atoms with Crippen LogP contribution in [0.1, 0.15) is 16.7 Å². The number of rotatable bonds is 12. The van der Waals surface area contributed by atoms with Gasteiger partial charge in [0.1, 0.15) is 0 Å². The van der Waals surface area contributed by atoms with Crippen molar-refractivity contribution in [3.8, 4) is 23.0 Å². The maximum atomic E-state index is 12.3. The second kappa shape index (κ2) is 15.3. The average molecular weight is 627 g/mol. The van der Waals surface area contributed by atoms with E-state index >= 15 is 0 Å². The molecule has 11 nitrogen and oxygen atoms in total. The SMILES string of the molecule is COc1ccc(CCNC(=O)C(=O)N/N=C\c2cc(Br)c(OCC(=O)Nc3cccc(C)c3)c(OC)c2)cc1OC. The second-order valence-electron chi connectivity index (χ2n) is 8.63. The molecule has 0 heterocycles. The fourth-order valence-corrected chi connectivity index (χ4v) is 4.24. The van der Waals surface area contributed by atoms with Crippen molar-refractivity contribution in [3.63, 3.8) is 0 Å². The standard InChI is InChI=1S/C29H31BrN4O7/c1-18-6-5-7-21(12-18)33-26(35)17-41-27-22(30)13-20(15-25(27)40-4)16-32-34-29(37)28(36)31-11-10-19-8-9-23(38-2)24(14-19)39-3/h5-9,12-16H,10-11,17H2,1-4H3,(H,31,36)(H,33,35)(H,34,37)/b32-16-. The fraction of sp³-hybridized carbons (Fsp3) is 0.241. The Hall–Kier alpha value is -4.58. The zero-order chi connectivity index (χ0) is 29.8. The normalized spacial score (nSPS) is 10.6. The van der Waals surface area contributed by atoms with Gasteiger partial charge in [0.05, 0.1) is 32.0 Å². The van der Waals surface area contributed by atoms with Crippen LogP contribution in [0.3, 0.4) is 0 Å². The van der Waals surface area contributed by atoms with Gasteiger partial charge in [0.2, 0.25) is 0 Å². The molecule has 0 aliphatic carbocycles. The predicted molar refractivity (Wildman–Crippen MR) is 158 cm³/mol. The number of amides is 3. The molecule has 0 radical (unpaired) electrons. The van der Waals surface area contributed by atoms with Crippen LogP contribution in [0.2, 0.25) is 0 Å². The van der Waals surface area contributed by atoms with E-state index in [4.69, 9.17) is 18.9 Å². The first-order valence-electron chi connectivity index (χ1n) is 12.4. The molecule has 0 aliphatic rings. The lowest BCUT2D eigenvalue weighted by Crippen LogP contribution is -2.38. The number of halogens is 1. The molecule has 41 heavy (non-hydrogen) atoms. The Morgan fingerprint density at radius 2 is 1.66 bits per heavy atom. The number of hydrogen-bond donors (Lipinski definition) is 3. The minimum absolute atomic E-state index is 0.236. The molecule has 0 saturated heterocycles. The topological polar surface area (TPSA) is 137 Å². The molecule has 216 valence electrons. The molecule has 3 N–H and O–H groups in total. The summed E-state index contributed by atoms with van der Waals surface area (Å²) in [4.78, 5) is 36.6. The first-order chi connectivity index (χ1) is 19.7. The van der Waals surface area contributed by atoms with Crippen LogP contribution in [-0.4, -0.2) is 58.4 Å². The number of nitrogens with zero attached hydrogens (tertiary/aromatic N) is 1. The summed E-state index contributed by atoms with van der Waals surface area (Å²) < 4.78 is 22.1. The molecule has 3 rings (SSSR count). The molecular weight excluding hydrogens is 596 g/mol. The van der Waals surface area contributed by atoms with Gasteiger partial charge in [-0.15, -0.1) is 0 Å². The number of nitrogens with one attached hydrogen (secondary N) is 3. The lowest BCUT2D eigenvalue weighted by atomic mass is 10.1. The summed E-state index contributed by atoms with van der Waals surface area (Å²) in [5.41, 5.74) is 5.33. The van der Waals surface area contributed by atoms with Crippen molar-refractivity contribution < 1.29 is 33.3 Å².